The Morgan fingerprint density at radius 1 is 1.25 bits per heavy atom. The van der Waals surface area contributed by atoms with E-state index >= 15 is 0 Å². The minimum atomic E-state index is -0.517. The molecule has 0 bridgehead atoms. The van der Waals surface area contributed by atoms with Crippen molar-refractivity contribution in [1.82, 2.24) is 19.9 Å². The van der Waals surface area contributed by atoms with E-state index in [1.807, 2.05) is 19.9 Å². The molecular formula is C11H12N6O2S. The van der Waals surface area contributed by atoms with Gasteiger partial charge < -0.3 is 5.32 Å². The molecule has 8 nitrogen and oxygen atoms in total. The topological polar surface area (TPSA) is 107 Å². The number of nitrogens with one attached hydrogen (secondary N) is 1. The number of nitro groups is 1. The molecule has 104 valence electrons. The van der Waals surface area contributed by atoms with E-state index in [0.29, 0.717) is 5.16 Å². The average Bonchev–Trinajstić information content (AvgIpc) is 2.36. The van der Waals surface area contributed by atoms with Crippen molar-refractivity contribution in [3.63, 3.8) is 0 Å². The molecule has 0 fully saturated rings. The van der Waals surface area contributed by atoms with Crippen molar-refractivity contribution in [3.05, 3.63) is 33.9 Å². The highest BCUT2D eigenvalue weighted by atomic mass is 32.2. The van der Waals surface area contributed by atoms with Crippen molar-refractivity contribution < 1.29 is 4.92 Å². The van der Waals surface area contributed by atoms with Gasteiger partial charge in [-0.05, 0) is 31.7 Å². The summed E-state index contributed by atoms with van der Waals surface area (Å²) in [4.78, 5) is 26.9. The van der Waals surface area contributed by atoms with E-state index in [0.717, 1.165) is 23.1 Å². The fourth-order valence-corrected chi connectivity index (χ4v) is 2.53. The van der Waals surface area contributed by atoms with Gasteiger partial charge in [-0.15, -0.1) is 0 Å². The molecule has 0 unspecified atom stereocenters. The fourth-order valence-electron chi connectivity index (χ4n) is 1.61. The number of nitrogens with zero attached hydrogens (tertiary/aromatic N) is 5. The second-order valence-corrected chi connectivity index (χ2v) is 4.87. The molecule has 2 aromatic heterocycles. The largest absolute Gasteiger partial charge is 0.367 e. The SMILES string of the molecule is CNc1ncnc(Sc2nc(C)cc(C)n2)c1[N+](=O)[O-]. The van der Waals surface area contributed by atoms with Crippen molar-refractivity contribution in [3.8, 4) is 0 Å². The summed E-state index contributed by atoms with van der Waals surface area (Å²) in [5, 5.41) is 14.5. The van der Waals surface area contributed by atoms with Crippen molar-refractivity contribution in [2.75, 3.05) is 12.4 Å². The Balaban J connectivity index is 2.45. The Labute approximate surface area is 119 Å². The average molecular weight is 292 g/mol. The molecule has 9 heteroatoms. The summed E-state index contributed by atoms with van der Waals surface area (Å²) in [5.41, 5.74) is 1.42. The quantitative estimate of drug-likeness (QED) is 0.394. The molecule has 0 saturated carbocycles. The Hall–Kier alpha value is -2.29. The second-order valence-electron chi connectivity index (χ2n) is 3.92. The summed E-state index contributed by atoms with van der Waals surface area (Å²) in [6.07, 6.45) is 1.27. The predicted octanol–water partition coefficient (Wildman–Crippen LogP) is 1.98. The molecule has 0 radical (unpaired) electrons. The standard InChI is InChI=1S/C11H12N6O2S/c1-6-4-7(2)16-11(15-6)20-10-8(17(18)19)9(12-3)13-5-14-10/h4-5H,1-3H3,(H,12,13,14). The van der Waals surface area contributed by atoms with Gasteiger partial charge in [0.1, 0.15) is 6.33 Å². The maximum atomic E-state index is 11.2. The molecule has 2 aromatic rings. The fraction of sp³-hybridized carbons (Fsp3) is 0.273. The molecule has 0 aliphatic rings. The first-order valence-corrected chi connectivity index (χ1v) is 6.50. The van der Waals surface area contributed by atoms with Crippen LogP contribution in [-0.2, 0) is 0 Å². The number of rotatable bonds is 4. The Kier molecular flexibility index (Phi) is 4.08. The molecule has 1 N–H and O–H groups in total. The first kappa shape index (κ1) is 14.1. The van der Waals surface area contributed by atoms with Crippen LogP contribution in [0.3, 0.4) is 0 Å². The lowest BCUT2D eigenvalue weighted by atomic mass is 10.4. The van der Waals surface area contributed by atoms with Gasteiger partial charge in [0.05, 0.1) is 4.92 Å². The third-order valence-corrected chi connectivity index (χ3v) is 3.22. The van der Waals surface area contributed by atoms with Gasteiger partial charge in [-0.1, -0.05) is 0 Å². The third-order valence-electron chi connectivity index (χ3n) is 2.36. The van der Waals surface area contributed by atoms with E-state index in [9.17, 15) is 10.1 Å². The molecule has 0 saturated heterocycles. The summed E-state index contributed by atoms with van der Waals surface area (Å²) >= 11 is 1.05. The van der Waals surface area contributed by atoms with Gasteiger partial charge >= 0.3 is 5.69 Å². The zero-order valence-corrected chi connectivity index (χ0v) is 11.9. The summed E-state index contributed by atoms with van der Waals surface area (Å²) in [6.45, 7) is 3.68. The van der Waals surface area contributed by atoms with Gasteiger partial charge in [0.2, 0.25) is 5.82 Å². The molecule has 0 aromatic carbocycles. The van der Waals surface area contributed by atoms with Gasteiger partial charge in [-0.3, -0.25) is 10.1 Å². The van der Waals surface area contributed by atoms with Crippen molar-refractivity contribution in [2.45, 2.75) is 24.0 Å². The molecule has 0 spiro atoms. The van der Waals surface area contributed by atoms with Crippen molar-refractivity contribution in [1.29, 1.82) is 0 Å². The monoisotopic (exact) mass is 292 g/mol. The summed E-state index contributed by atoms with van der Waals surface area (Å²) < 4.78 is 0. The van der Waals surface area contributed by atoms with Crippen molar-refractivity contribution >= 4 is 23.3 Å². The van der Waals surface area contributed by atoms with Crippen LogP contribution in [0.15, 0.2) is 22.6 Å². The van der Waals surface area contributed by atoms with Gasteiger partial charge in [-0.2, -0.15) is 0 Å². The van der Waals surface area contributed by atoms with E-state index in [4.69, 9.17) is 0 Å². The minimum Gasteiger partial charge on any atom is -0.367 e. The lowest BCUT2D eigenvalue weighted by molar-refractivity contribution is -0.387. The van der Waals surface area contributed by atoms with E-state index in [1.165, 1.54) is 6.33 Å². The normalized spacial score (nSPS) is 10.3. The highest BCUT2D eigenvalue weighted by molar-refractivity contribution is 7.99. The lowest BCUT2D eigenvalue weighted by Crippen LogP contribution is -2.03. The Bertz CT molecular complexity index is 643. The number of hydrogen-bond donors (Lipinski definition) is 1. The van der Waals surface area contributed by atoms with Crippen molar-refractivity contribution in [2.24, 2.45) is 0 Å². The second kappa shape index (κ2) is 5.78. The van der Waals surface area contributed by atoms with Crippen LogP contribution >= 0.6 is 11.8 Å². The van der Waals surface area contributed by atoms with Crippen LogP contribution in [0.25, 0.3) is 0 Å². The smallest absolute Gasteiger partial charge is 0.343 e. The summed E-state index contributed by atoms with van der Waals surface area (Å²) in [6, 6.07) is 1.83. The molecule has 0 aliphatic carbocycles. The maximum absolute atomic E-state index is 11.2. The molecule has 2 rings (SSSR count). The first-order valence-electron chi connectivity index (χ1n) is 5.68. The number of aromatic nitrogens is 4. The van der Waals surface area contributed by atoms with E-state index < -0.39 is 4.92 Å². The number of aryl methyl sites for hydroxylation is 2. The highest BCUT2D eigenvalue weighted by Crippen LogP contribution is 2.34. The van der Waals surface area contributed by atoms with E-state index in [-0.39, 0.29) is 16.5 Å². The van der Waals surface area contributed by atoms with Crippen LogP contribution in [-0.4, -0.2) is 31.9 Å². The Morgan fingerprint density at radius 3 is 2.45 bits per heavy atom. The summed E-state index contributed by atoms with van der Waals surface area (Å²) in [7, 11) is 1.57. The zero-order chi connectivity index (χ0) is 14.7. The lowest BCUT2D eigenvalue weighted by Gasteiger charge is -2.05. The molecular weight excluding hydrogens is 280 g/mol. The third kappa shape index (κ3) is 2.99. The predicted molar refractivity (Wildman–Crippen MR) is 73.9 cm³/mol. The van der Waals surface area contributed by atoms with Gasteiger partial charge in [0.15, 0.2) is 10.2 Å². The van der Waals surface area contributed by atoms with Gasteiger partial charge in [0.25, 0.3) is 0 Å². The van der Waals surface area contributed by atoms with Crippen LogP contribution in [0.1, 0.15) is 11.4 Å². The van der Waals surface area contributed by atoms with Crippen LogP contribution in [0, 0.1) is 24.0 Å². The van der Waals surface area contributed by atoms with E-state index in [1.54, 1.807) is 7.05 Å². The number of hydrogen-bond acceptors (Lipinski definition) is 8. The number of anilines is 1. The van der Waals surface area contributed by atoms with Crippen LogP contribution < -0.4 is 5.32 Å². The molecule has 0 aliphatic heterocycles. The molecule has 0 atom stereocenters. The Morgan fingerprint density at radius 2 is 1.90 bits per heavy atom. The van der Waals surface area contributed by atoms with Crippen LogP contribution in [0.5, 0.6) is 0 Å². The van der Waals surface area contributed by atoms with Crippen LogP contribution in [0.2, 0.25) is 0 Å². The molecule has 2 heterocycles. The minimum absolute atomic E-state index is 0.164. The van der Waals surface area contributed by atoms with Gasteiger partial charge in [0, 0.05) is 18.4 Å². The molecule has 20 heavy (non-hydrogen) atoms. The zero-order valence-electron chi connectivity index (χ0n) is 11.1. The first-order chi connectivity index (χ1) is 9.51. The highest BCUT2D eigenvalue weighted by Gasteiger charge is 2.23. The van der Waals surface area contributed by atoms with Gasteiger partial charge in [-0.25, -0.2) is 19.9 Å². The van der Waals surface area contributed by atoms with E-state index in [2.05, 4.69) is 25.3 Å². The maximum Gasteiger partial charge on any atom is 0.343 e. The summed E-state index contributed by atoms with van der Waals surface area (Å²) in [5.74, 6) is 0.164. The molecule has 0 amide bonds. The van der Waals surface area contributed by atoms with Crippen LogP contribution in [0.4, 0.5) is 11.5 Å².